The van der Waals surface area contributed by atoms with Gasteiger partial charge < -0.3 is 19.5 Å². The molecule has 0 radical (unpaired) electrons. The number of hydrogen-bond acceptors (Lipinski definition) is 9. The maximum atomic E-state index is 13.1. The van der Waals surface area contributed by atoms with Crippen LogP contribution in [-0.4, -0.2) is 94.2 Å². The zero-order valence-electron chi connectivity index (χ0n) is 21.6. The summed E-state index contributed by atoms with van der Waals surface area (Å²) in [5, 5.41) is 3.47. The number of methoxy groups -OCH3 is 1. The van der Waals surface area contributed by atoms with Crippen molar-refractivity contribution in [3.05, 3.63) is 47.9 Å². The van der Waals surface area contributed by atoms with E-state index in [1.54, 1.807) is 25.3 Å². The van der Waals surface area contributed by atoms with Crippen LogP contribution in [-0.2, 0) is 19.6 Å². The van der Waals surface area contributed by atoms with Crippen LogP contribution in [0.4, 0.5) is 5.69 Å². The molecule has 11 nitrogen and oxygen atoms in total. The van der Waals surface area contributed by atoms with Crippen LogP contribution in [0.5, 0.6) is 11.5 Å². The minimum absolute atomic E-state index is 0.103. The number of morpholine rings is 1. The van der Waals surface area contributed by atoms with Crippen molar-refractivity contribution in [3.63, 3.8) is 0 Å². The summed E-state index contributed by atoms with van der Waals surface area (Å²) >= 11 is 0. The highest BCUT2D eigenvalue weighted by atomic mass is 32.2. The van der Waals surface area contributed by atoms with Gasteiger partial charge in [-0.2, -0.15) is 0 Å². The van der Waals surface area contributed by atoms with Gasteiger partial charge in [0.2, 0.25) is 15.9 Å². The lowest BCUT2D eigenvalue weighted by Crippen LogP contribution is -2.37. The Morgan fingerprint density at radius 1 is 1.13 bits per heavy atom. The molecule has 1 atom stereocenters. The lowest BCUT2D eigenvalue weighted by molar-refractivity contribution is -0.116. The van der Waals surface area contributed by atoms with Gasteiger partial charge in [-0.05, 0) is 36.2 Å². The van der Waals surface area contributed by atoms with E-state index in [2.05, 4.69) is 20.2 Å². The van der Waals surface area contributed by atoms with E-state index in [-0.39, 0.29) is 10.8 Å². The van der Waals surface area contributed by atoms with Crippen molar-refractivity contribution < 1.29 is 27.4 Å². The third-order valence-corrected chi connectivity index (χ3v) is 8.65. The fraction of sp³-hybridized carbons (Fsp3) is 0.423. The third kappa shape index (κ3) is 5.04. The van der Waals surface area contributed by atoms with E-state index >= 15 is 0 Å². The predicted octanol–water partition coefficient (Wildman–Crippen LogP) is 2.07. The number of aromatic nitrogens is 2. The van der Waals surface area contributed by atoms with Crippen LogP contribution in [0.1, 0.15) is 23.6 Å². The second kappa shape index (κ2) is 10.8. The number of benzene rings is 2. The second-order valence-electron chi connectivity index (χ2n) is 9.39. The SMILES string of the molecule is COc1cc2c(C3C(=O)Nc4ccc(S(=O)(=O)N(C)C)cc43)ncnc2cc1OCCCN1CCOCC1. The Bertz CT molecular complexity index is 1460. The van der Waals surface area contributed by atoms with Crippen molar-refractivity contribution >= 4 is 32.5 Å². The number of carbonyl (C=O) groups is 1. The van der Waals surface area contributed by atoms with Crippen molar-refractivity contribution in [2.75, 3.05) is 66.0 Å². The molecule has 0 bridgehead atoms. The molecule has 3 heterocycles. The largest absolute Gasteiger partial charge is 0.493 e. The fourth-order valence-corrected chi connectivity index (χ4v) is 5.70. The quantitative estimate of drug-likeness (QED) is 0.406. The first-order valence-electron chi connectivity index (χ1n) is 12.4. The van der Waals surface area contributed by atoms with Gasteiger partial charge in [-0.15, -0.1) is 0 Å². The first kappa shape index (κ1) is 26.3. The summed E-state index contributed by atoms with van der Waals surface area (Å²) in [7, 11) is 0.810. The smallest absolute Gasteiger partial charge is 0.242 e. The monoisotopic (exact) mass is 541 g/mol. The molecule has 202 valence electrons. The third-order valence-electron chi connectivity index (χ3n) is 6.84. The van der Waals surface area contributed by atoms with Gasteiger partial charge in [0.05, 0.1) is 43.0 Å². The van der Waals surface area contributed by atoms with E-state index in [4.69, 9.17) is 14.2 Å². The Morgan fingerprint density at radius 2 is 1.92 bits per heavy atom. The molecule has 1 unspecified atom stereocenters. The molecular weight excluding hydrogens is 510 g/mol. The number of nitrogens with one attached hydrogen (secondary N) is 1. The molecule has 1 saturated heterocycles. The highest BCUT2D eigenvalue weighted by Crippen LogP contribution is 2.42. The Hall–Kier alpha value is -3.32. The summed E-state index contributed by atoms with van der Waals surface area (Å²) in [6, 6.07) is 8.18. The van der Waals surface area contributed by atoms with E-state index in [9.17, 15) is 13.2 Å². The summed E-state index contributed by atoms with van der Waals surface area (Å²) in [5.74, 6) is -0.0376. The van der Waals surface area contributed by atoms with E-state index in [1.807, 2.05) is 0 Å². The normalized spacial score (nSPS) is 18.0. The topological polar surface area (TPSA) is 123 Å². The molecule has 38 heavy (non-hydrogen) atoms. The maximum Gasteiger partial charge on any atom is 0.242 e. The Kier molecular flexibility index (Phi) is 7.48. The molecule has 1 amide bonds. The van der Waals surface area contributed by atoms with E-state index < -0.39 is 15.9 Å². The molecule has 12 heteroatoms. The fourth-order valence-electron chi connectivity index (χ4n) is 4.76. The Labute approximate surface area is 221 Å². The average Bonchev–Trinajstić information content (AvgIpc) is 3.25. The molecular formula is C26H31N5O6S. The van der Waals surface area contributed by atoms with E-state index in [0.29, 0.717) is 46.0 Å². The summed E-state index contributed by atoms with van der Waals surface area (Å²) in [6.07, 6.45) is 2.26. The van der Waals surface area contributed by atoms with Gasteiger partial charge in [-0.25, -0.2) is 22.7 Å². The van der Waals surface area contributed by atoms with Gasteiger partial charge in [0, 0.05) is 50.9 Å². The van der Waals surface area contributed by atoms with Gasteiger partial charge in [0.25, 0.3) is 0 Å². The molecule has 5 rings (SSSR count). The van der Waals surface area contributed by atoms with Crippen molar-refractivity contribution in [3.8, 4) is 11.5 Å². The molecule has 0 aliphatic carbocycles. The van der Waals surface area contributed by atoms with Crippen molar-refractivity contribution in [2.45, 2.75) is 17.2 Å². The molecule has 1 aromatic heterocycles. The maximum absolute atomic E-state index is 13.1. The zero-order chi connectivity index (χ0) is 26.9. The van der Waals surface area contributed by atoms with Crippen LogP contribution in [0.3, 0.4) is 0 Å². The minimum atomic E-state index is -3.68. The number of fused-ring (bicyclic) bond motifs is 2. The lowest BCUT2D eigenvalue weighted by atomic mass is 9.94. The van der Waals surface area contributed by atoms with Gasteiger partial charge >= 0.3 is 0 Å². The molecule has 2 aliphatic rings. The van der Waals surface area contributed by atoms with Gasteiger partial charge in [-0.1, -0.05) is 0 Å². The highest BCUT2D eigenvalue weighted by molar-refractivity contribution is 7.89. The number of nitrogens with zero attached hydrogens (tertiary/aromatic N) is 4. The molecule has 1 fully saturated rings. The number of amides is 1. The lowest BCUT2D eigenvalue weighted by Gasteiger charge is -2.26. The minimum Gasteiger partial charge on any atom is -0.493 e. The highest BCUT2D eigenvalue weighted by Gasteiger charge is 2.36. The number of sulfonamides is 1. The first-order valence-corrected chi connectivity index (χ1v) is 13.9. The molecule has 3 aromatic rings. The molecule has 1 N–H and O–H groups in total. The molecule has 0 spiro atoms. The first-order chi connectivity index (χ1) is 18.3. The van der Waals surface area contributed by atoms with Crippen molar-refractivity contribution in [1.82, 2.24) is 19.2 Å². The van der Waals surface area contributed by atoms with Crippen LogP contribution >= 0.6 is 0 Å². The molecule has 0 saturated carbocycles. The Morgan fingerprint density at radius 3 is 2.66 bits per heavy atom. The summed E-state index contributed by atoms with van der Waals surface area (Å²) in [5.41, 5.74) is 2.15. The number of anilines is 1. The summed E-state index contributed by atoms with van der Waals surface area (Å²) in [6.45, 7) is 4.82. The number of ether oxygens (including phenoxy) is 3. The standard InChI is InChI=1S/C26H31N5O6S/c1-30(2)38(33,34)17-5-6-20-18(13-17)24(26(32)29-20)25-19-14-22(35-3)23(15-21(19)27-16-28-25)37-10-4-7-31-8-11-36-12-9-31/h5-6,13-16,24H,4,7-12H2,1-3H3,(H,29,32). The van der Waals surface area contributed by atoms with Crippen molar-refractivity contribution in [1.29, 1.82) is 0 Å². The average molecular weight is 542 g/mol. The van der Waals surface area contributed by atoms with Crippen LogP contribution in [0.2, 0.25) is 0 Å². The summed E-state index contributed by atoms with van der Waals surface area (Å²) in [4.78, 5) is 24.4. The molecule has 2 aliphatic heterocycles. The zero-order valence-corrected chi connectivity index (χ0v) is 22.5. The predicted molar refractivity (Wildman–Crippen MR) is 141 cm³/mol. The van der Waals surface area contributed by atoms with Crippen LogP contribution < -0.4 is 14.8 Å². The van der Waals surface area contributed by atoms with E-state index in [0.717, 1.165) is 43.6 Å². The second-order valence-corrected chi connectivity index (χ2v) is 11.5. The molecule has 2 aromatic carbocycles. The van der Waals surface area contributed by atoms with Gasteiger partial charge in [0.15, 0.2) is 11.5 Å². The van der Waals surface area contributed by atoms with Crippen LogP contribution in [0.15, 0.2) is 41.6 Å². The Balaban J connectivity index is 1.44. The number of carbonyl (C=O) groups excluding carboxylic acids is 1. The van der Waals surface area contributed by atoms with Gasteiger partial charge in [-0.3, -0.25) is 9.69 Å². The summed E-state index contributed by atoms with van der Waals surface area (Å²) < 4.78 is 43.7. The van der Waals surface area contributed by atoms with Crippen molar-refractivity contribution in [2.24, 2.45) is 0 Å². The van der Waals surface area contributed by atoms with E-state index in [1.165, 1.54) is 32.6 Å². The number of hydrogen-bond donors (Lipinski definition) is 1. The van der Waals surface area contributed by atoms with Crippen LogP contribution in [0, 0.1) is 0 Å². The van der Waals surface area contributed by atoms with Gasteiger partial charge in [0.1, 0.15) is 12.2 Å². The number of rotatable bonds is 9. The van der Waals surface area contributed by atoms with Crippen LogP contribution in [0.25, 0.3) is 10.9 Å².